The lowest BCUT2D eigenvalue weighted by molar-refractivity contribution is 0.994. The average molecular weight is 346 g/mol. The Balaban J connectivity index is 1.54. The maximum atomic E-state index is 2.39. The first kappa shape index (κ1) is 16.1. The predicted octanol–water partition coefficient (Wildman–Crippen LogP) is 6.85. The minimum absolute atomic E-state index is 0.344. The molecule has 130 valence electrons. The monoisotopic (exact) mass is 346 g/mol. The highest BCUT2D eigenvalue weighted by molar-refractivity contribution is 5.82. The highest BCUT2D eigenvalue weighted by atomic mass is 14.3. The van der Waals surface area contributed by atoms with E-state index in [1.807, 2.05) is 0 Å². The van der Waals surface area contributed by atoms with Gasteiger partial charge in [-0.1, -0.05) is 97.1 Å². The van der Waals surface area contributed by atoms with Gasteiger partial charge in [0.25, 0.3) is 0 Å². The zero-order chi connectivity index (χ0) is 18.2. The van der Waals surface area contributed by atoms with Crippen molar-refractivity contribution in [1.82, 2.24) is 0 Å². The van der Waals surface area contributed by atoms with Crippen molar-refractivity contribution in [2.75, 3.05) is 0 Å². The minimum Gasteiger partial charge on any atom is -0.0728 e. The van der Waals surface area contributed by atoms with Crippen molar-refractivity contribution < 1.29 is 0 Å². The molecule has 0 spiro atoms. The van der Waals surface area contributed by atoms with Gasteiger partial charge in [-0.2, -0.15) is 0 Å². The van der Waals surface area contributed by atoms with Gasteiger partial charge < -0.3 is 0 Å². The molecule has 2 aliphatic rings. The Bertz CT molecular complexity index is 1050. The van der Waals surface area contributed by atoms with E-state index in [9.17, 15) is 0 Å². The van der Waals surface area contributed by atoms with Crippen LogP contribution in [0.4, 0.5) is 0 Å². The number of rotatable bonds is 3. The molecule has 5 rings (SSSR count). The lowest BCUT2D eigenvalue weighted by atomic mass is 9.87. The largest absolute Gasteiger partial charge is 0.0728 e. The molecular weight excluding hydrogens is 324 g/mol. The maximum Gasteiger partial charge on any atom is 0.0355 e. The second kappa shape index (κ2) is 6.55. The van der Waals surface area contributed by atoms with E-state index in [2.05, 4.69) is 104 Å². The first-order chi connectivity index (χ1) is 13.3. The van der Waals surface area contributed by atoms with Gasteiger partial charge in [-0.25, -0.2) is 0 Å². The van der Waals surface area contributed by atoms with Gasteiger partial charge in [0.15, 0.2) is 0 Å². The van der Waals surface area contributed by atoms with Crippen LogP contribution in [0.2, 0.25) is 0 Å². The van der Waals surface area contributed by atoms with Crippen molar-refractivity contribution in [3.63, 3.8) is 0 Å². The summed E-state index contributed by atoms with van der Waals surface area (Å²) < 4.78 is 0. The van der Waals surface area contributed by atoms with Crippen molar-refractivity contribution in [2.45, 2.75) is 19.3 Å². The molecule has 0 bridgehead atoms. The van der Waals surface area contributed by atoms with Crippen LogP contribution in [0.3, 0.4) is 0 Å². The van der Waals surface area contributed by atoms with Crippen LogP contribution in [0.15, 0.2) is 114 Å². The standard InChI is InChI=1S/C27H22/c1-19-17-21(16-15-20-9-3-2-4-10-20)18-26(19)27-24-13-7-5-11-22(24)23-12-6-8-14-25(23)27/h2-14,16-18,27H,15H2,1H3. The fourth-order valence-corrected chi connectivity index (χ4v) is 4.44. The highest BCUT2D eigenvalue weighted by Gasteiger charge is 2.32. The zero-order valence-electron chi connectivity index (χ0n) is 15.5. The number of hydrogen-bond donors (Lipinski definition) is 0. The van der Waals surface area contributed by atoms with E-state index in [0.717, 1.165) is 6.42 Å². The number of fused-ring (bicyclic) bond motifs is 3. The molecule has 2 aliphatic carbocycles. The molecule has 0 N–H and O–H groups in total. The zero-order valence-corrected chi connectivity index (χ0v) is 15.5. The SMILES string of the molecule is CC1=CC(=CCc2ccccc2)C=C1C1c2ccccc2-c2ccccc21. The van der Waals surface area contributed by atoms with E-state index in [-0.39, 0.29) is 0 Å². The third kappa shape index (κ3) is 2.78. The second-order valence-electron chi connectivity index (χ2n) is 7.43. The third-order valence-corrected chi connectivity index (χ3v) is 5.72. The van der Waals surface area contributed by atoms with Gasteiger partial charge >= 0.3 is 0 Å². The summed E-state index contributed by atoms with van der Waals surface area (Å²) in [5, 5.41) is 0. The van der Waals surface area contributed by atoms with Crippen LogP contribution >= 0.6 is 0 Å². The molecule has 0 aliphatic heterocycles. The molecule has 0 saturated carbocycles. The molecule has 0 nitrogen and oxygen atoms in total. The highest BCUT2D eigenvalue weighted by Crippen LogP contribution is 2.50. The lowest BCUT2D eigenvalue weighted by Crippen LogP contribution is -2.00. The van der Waals surface area contributed by atoms with Crippen LogP contribution in [0.25, 0.3) is 11.1 Å². The van der Waals surface area contributed by atoms with Crippen molar-refractivity contribution in [1.29, 1.82) is 0 Å². The van der Waals surface area contributed by atoms with E-state index in [4.69, 9.17) is 0 Å². The van der Waals surface area contributed by atoms with Crippen LogP contribution in [0.1, 0.15) is 29.5 Å². The predicted molar refractivity (Wildman–Crippen MR) is 114 cm³/mol. The summed E-state index contributed by atoms with van der Waals surface area (Å²) in [6.45, 7) is 2.25. The Labute approximate surface area is 161 Å². The summed E-state index contributed by atoms with van der Waals surface area (Å²) >= 11 is 0. The molecule has 0 amide bonds. The van der Waals surface area contributed by atoms with E-state index >= 15 is 0 Å². The van der Waals surface area contributed by atoms with Gasteiger partial charge in [0.2, 0.25) is 0 Å². The second-order valence-corrected chi connectivity index (χ2v) is 7.43. The molecule has 0 heteroatoms. The molecule has 3 aromatic rings. The number of hydrogen-bond acceptors (Lipinski definition) is 0. The maximum absolute atomic E-state index is 2.39. The van der Waals surface area contributed by atoms with Gasteiger partial charge in [0.05, 0.1) is 0 Å². The Morgan fingerprint density at radius 1 is 0.704 bits per heavy atom. The Kier molecular flexibility index (Phi) is 3.90. The topological polar surface area (TPSA) is 0 Å². The Morgan fingerprint density at radius 2 is 1.30 bits per heavy atom. The number of benzene rings is 3. The average Bonchev–Trinajstić information content (AvgIpc) is 3.24. The van der Waals surface area contributed by atoms with Crippen molar-refractivity contribution in [3.05, 3.63) is 131 Å². The molecule has 0 aromatic heterocycles. The summed E-state index contributed by atoms with van der Waals surface area (Å²) in [6, 6.07) is 28.4. The molecule has 0 atom stereocenters. The van der Waals surface area contributed by atoms with Crippen molar-refractivity contribution >= 4 is 0 Å². The number of allylic oxidation sites excluding steroid dienone is 6. The van der Waals surface area contributed by atoms with Gasteiger partial charge in [-0.15, -0.1) is 0 Å². The van der Waals surface area contributed by atoms with E-state index in [1.54, 1.807) is 0 Å². The van der Waals surface area contributed by atoms with Crippen molar-refractivity contribution in [3.8, 4) is 11.1 Å². The van der Waals surface area contributed by atoms with E-state index in [0.29, 0.717) is 5.92 Å². The van der Waals surface area contributed by atoms with Crippen LogP contribution in [0.5, 0.6) is 0 Å². The van der Waals surface area contributed by atoms with Crippen molar-refractivity contribution in [2.24, 2.45) is 0 Å². The van der Waals surface area contributed by atoms with Gasteiger partial charge in [-0.3, -0.25) is 0 Å². The quantitative estimate of drug-likeness (QED) is 0.486. The molecule has 0 unspecified atom stereocenters. The molecule has 3 aromatic carbocycles. The first-order valence-electron chi connectivity index (χ1n) is 9.64. The first-order valence-corrected chi connectivity index (χ1v) is 9.64. The summed E-state index contributed by atoms with van der Waals surface area (Å²) in [6.07, 6.45) is 8.05. The Morgan fingerprint density at radius 3 is 1.96 bits per heavy atom. The van der Waals surface area contributed by atoms with E-state index < -0.39 is 0 Å². The van der Waals surface area contributed by atoms with Gasteiger partial charge in [0, 0.05) is 5.92 Å². The third-order valence-electron chi connectivity index (χ3n) is 5.72. The normalized spacial score (nSPS) is 16.9. The van der Waals surface area contributed by atoms with Gasteiger partial charge in [-0.05, 0) is 57.9 Å². The van der Waals surface area contributed by atoms with Gasteiger partial charge in [0.1, 0.15) is 0 Å². The molecule has 0 saturated heterocycles. The molecule has 0 fully saturated rings. The fraction of sp³-hybridized carbons (Fsp3) is 0.111. The summed E-state index contributed by atoms with van der Waals surface area (Å²) in [7, 11) is 0. The summed E-state index contributed by atoms with van der Waals surface area (Å²) in [4.78, 5) is 0. The fourth-order valence-electron chi connectivity index (χ4n) is 4.44. The van der Waals surface area contributed by atoms with Crippen LogP contribution in [-0.2, 0) is 6.42 Å². The Hall–Kier alpha value is -3.12. The smallest absolute Gasteiger partial charge is 0.0355 e. The molecule has 0 heterocycles. The van der Waals surface area contributed by atoms with Crippen LogP contribution in [0, 0.1) is 0 Å². The minimum atomic E-state index is 0.344. The summed E-state index contributed by atoms with van der Waals surface area (Å²) in [5.74, 6) is 0.344. The molecular formula is C27H22. The molecule has 0 radical (unpaired) electrons. The van der Waals surface area contributed by atoms with Crippen LogP contribution in [-0.4, -0.2) is 0 Å². The lowest BCUT2D eigenvalue weighted by Gasteiger charge is -2.16. The molecule has 27 heavy (non-hydrogen) atoms. The van der Waals surface area contributed by atoms with Crippen LogP contribution < -0.4 is 0 Å². The van der Waals surface area contributed by atoms with E-state index in [1.165, 1.54) is 44.5 Å². The summed E-state index contributed by atoms with van der Waals surface area (Å²) in [5.41, 5.74) is 11.1.